The molecule has 2 saturated heterocycles. The van der Waals surface area contributed by atoms with Gasteiger partial charge >= 0.3 is 0 Å². The number of nitrogens with one attached hydrogen (secondary N) is 1. The van der Waals surface area contributed by atoms with E-state index in [1.807, 2.05) is 37.3 Å². The first-order chi connectivity index (χ1) is 13.2. The van der Waals surface area contributed by atoms with E-state index < -0.39 is 0 Å². The van der Waals surface area contributed by atoms with E-state index in [1.54, 1.807) is 11.3 Å². The summed E-state index contributed by atoms with van der Waals surface area (Å²) in [4.78, 5) is 17.4. The monoisotopic (exact) mass is 384 g/mol. The Hall–Kier alpha value is -1.69. The summed E-state index contributed by atoms with van der Waals surface area (Å²) in [6.45, 7) is 6.18. The number of rotatable bonds is 5. The maximum Gasteiger partial charge on any atom is 0.265 e. The van der Waals surface area contributed by atoms with Crippen LogP contribution in [0.15, 0.2) is 36.4 Å². The molecule has 0 radical (unpaired) electrons. The minimum absolute atomic E-state index is 0.00849. The van der Waals surface area contributed by atoms with Crippen LogP contribution in [0.3, 0.4) is 0 Å². The van der Waals surface area contributed by atoms with Gasteiger partial charge in [-0.3, -0.25) is 9.69 Å². The zero-order valence-corrected chi connectivity index (χ0v) is 16.8. The Balaban J connectivity index is 1.41. The fourth-order valence-electron chi connectivity index (χ4n) is 4.20. The average molecular weight is 385 g/mol. The van der Waals surface area contributed by atoms with Crippen molar-refractivity contribution in [2.45, 2.75) is 38.6 Å². The SMILES string of the molecule is Cc1cccc(NC(=O)c2ccc(C3CCCN3CC3CCOCC3)s2)c1. The van der Waals surface area contributed by atoms with Gasteiger partial charge in [0.05, 0.1) is 4.88 Å². The summed E-state index contributed by atoms with van der Waals surface area (Å²) < 4.78 is 5.50. The molecule has 0 saturated carbocycles. The molecule has 1 amide bonds. The Morgan fingerprint density at radius 2 is 2.07 bits per heavy atom. The fraction of sp³-hybridized carbons (Fsp3) is 0.500. The number of nitrogens with zero attached hydrogens (tertiary/aromatic N) is 1. The van der Waals surface area contributed by atoms with Crippen LogP contribution in [0.1, 0.15) is 51.8 Å². The highest BCUT2D eigenvalue weighted by Crippen LogP contribution is 2.37. The van der Waals surface area contributed by atoms with Crippen LogP contribution >= 0.6 is 11.3 Å². The highest BCUT2D eigenvalue weighted by atomic mass is 32.1. The number of anilines is 1. The Labute approximate surface area is 165 Å². The molecule has 1 unspecified atom stereocenters. The Morgan fingerprint density at radius 1 is 1.22 bits per heavy atom. The second kappa shape index (κ2) is 8.55. The van der Waals surface area contributed by atoms with Crippen molar-refractivity contribution in [1.29, 1.82) is 0 Å². The largest absolute Gasteiger partial charge is 0.381 e. The first kappa shape index (κ1) is 18.7. The molecule has 2 aliphatic rings. The molecule has 2 fully saturated rings. The molecule has 27 heavy (non-hydrogen) atoms. The number of carbonyl (C=O) groups excluding carboxylic acids is 1. The van der Waals surface area contributed by atoms with Crippen molar-refractivity contribution < 1.29 is 9.53 Å². The Morgan fingerprint density at radius 3 is 2.89 bits per heavy atom. The quantitative estimate of drug-likeness (QED) is 0.799. The topological polar surface area (TPSA) is 41.6 Å². The van der Waals surface area contributed by atoms with E-state index >= 15 is 0 Å². The van der Waals surface area contributed by atoms with E-state index in [-0.39, 0.29) is 5.91 Å². The van der Waals surface area contributed by atoms with Gasteiger partial charge in [-0.1, -0.05) is 12.1 Å². The van der Waals surface area contributed by atoms with Crippen LogP contribution in [0.25, 0.3) is 0 Å². The van der Waals surface area contributed by atoms with E-state index in [2.05, 4.69) is 16.3 Å². The molecule has 1 aromatic carbocycles. The van der Waals surface area contributed by atoms with Gasteiger partial charge in [0.1, 0.15) is 0 Å². The third-order valence-electron chi connectivity index (χ3n) is 5.65. The second-order valence-corrected chi connectivity index (χ2v) is 8.85. The van der Waals surface area contributed by atoms with Gasteiger partial charge < -0.3 is 10.1 Å². The molecule has 1 N–H and O–H groups in total. The summed E-state index contributed by atoms with van der Waals surface area (Å²) in [6, 6.07) is 12.5. The van der Waals surface area contributed by atoms with E-state index in [9.17, 15) is 4.79 Å². The van der Waals surface area contributed by atoms with E-state index in [4.69, 9.17) is 4.74 Å². The van der Waals surface area contributed by atoms with Crippen molar-refractivity contribution in [3.05, 3.63) is 51.7 Å². The standard InChI is InChI=1S/C22H28N2O2S/c1-16-4-2-5-18(14-16)23-22(25)21-8-7-20(27-21)19-6-3-11-24(19)15-17-9-12-26-13-10-17/h2,4-5,7-8,14,17,19H,3,6,9-13,15H2,1H3,(H,23,25). The van der Waals surface area contributed by atoms with Crippen LogP contribution in [0.5, 0.6) is 0 Å². The zero-order chi connectivity index (χ0) is 18.6. The molecule has 4 nitrogen and oxygen atoms in total. The summed E-state index contributed by atoms with van der Waals surface area (Å²) in [5.74, 6) is 0.745. The molecule has 2 aromatic rings. The Bertz CT molecular complexity index is 782. The number of thiophene rings is 1. The molecule has 1 atom stereocenters. The summed E-state index contributed by atoms with van der Waals surface area (Å²) in [7, 11) is 0. The van der Waals surface area contributed by atoms with Crippen molar-refractivity contribution >= 4 is 22.9 Å². The number of carbonyl (C=O) groups is 1. The molecule has 0 aliphatic carbocycles. The normalized spacial score (nSPS) is 21.4. The summed E-state index contributed by atoms with van der Waals surface area (Å²) in [5, 5.41) is 3.02. The molecule has 5 heteroatoms. The van der Waals surface area contributed by atoms with E-state index in [0.29, 0.717) is 6.04 Å². The third-order valence-corrected chi connectivity index (χ3v) is 6.84. The van der Waals surface area contributed by atoms with Crippen molar-refractivity contribution in [3.63, 3.8) is 0 Å². The molecule has 0 spiro atoms. The maximum absolute atomic E-state index is 12.6. The number of hydrogen-bond donors (Lipinski definition) is 1. The number of ether oxygens (including phenoxy) is 1. The maximum atomic E-state index is 12.6. The minimum atomic E-state index is -0.00849. The average Bonchev–Trinajstić information content (AvgIpc) is 3.32. The molecule has 4 rings (SSSR count). The molecular formula is C22H28N2O2S. The molecule has 0 bridgehead atoms. The fourth-order valence-corrected chi connectivity index (χ4v) is 5.27. The first-order valence-corrected chi connectivity index (χ1v) is 10.8. The van der Waals surface area contributed by atoms with Crippen LogP contribution in [-0.2, 0) is 4.74 Å². The third kappa shape index (κ3) is 4.60. The zero-order valence-electron chi connectivity index (χ0n) is 15.9. The minimum Gasteiger partial charge on any atom is -0.381 e. The van der Waals surface area contributed by atoms with Gasteiger partial charge in [0.15, 0.2) is 0 Å². The van der Waals surface area contributed by atoms with Crippen molar-refractivity contribution in [3.8, 4) is 0 Å². The first-order valence-electron chi connectivity index (χ1n) is 9.98. The molecule has 3 heterocycles. The lowest BCUT2D eigenvalue weighted by atomic mass is 9.99. The number of aryl methyl sites for hydroxylation is 1. The summed E-state index contributed by atoms with van der Waals surface area (Å²) >= 11 is 1.65. The van der Waals surface area contributed by atoms with E-state index in [1.165, 1.54) is 37.1 Å². The van der Waals surface area contributed by atoms with Crippen LogP contribution in [-0.4, -0.2) is 37.1 Å². The highest BCUT2D eigenvalue weighted by Gasteiger charge is 2.30. The van der Waals surface area contributed by atoms with Crippen LogP contribution in [0, 0.1) is 12.8 Å². The smallest absolute Gasteiger partial charge is 0.265 e. The number of hydrogen-bond acceptors (Lipinski definition) is 4. The predicted molar refractivity (Wildman–Crippen MR) is 111 cm³/mol. The van der Waals surface area contributed by atoms with Gasteiger partial charge in [0.25, 0.3) is 5.91 Å². The highest BCUT2D eigenvalue weighted by molar-refractivity contribution is 7.14. The number of benzene rings is 1. The molecule has 1 aromatic heterocycles. The van der Waals surface area contributed by atoms with Gasteiger partial charge in [-0.15, -0.1) is 11.3 Å². The lowest BCUT2D eigenvalue weighted by Gasteiger charge is -2.30. The second-order valence-electron chi connectivity index (χ2n) is 7.73. The van der Waals surface area contributed by atoms with E-state index in [0.717, 1.165) is 41.8 Å². The summed E-state index contributed by atoms with van der Waals surface area (Å²) in [5.41, 5.74) is 2.01. The van der Waals surface area contributed by atoms with Crippen molar-refractivity contribution in [1.82, 2.24) is 4.90 Å². The predicted octanol–water partition coefficient (Wildman–Crippen LogP) is 4.87. The van der Waals surface area contributed by atoms with Gasteiger partial charge in [-0.05, 0) is 74.9 Å². The van der Waals surface area contributed by atoms with Gasteiger partial charge in [-0.25, -0.2) is 0 Å². The summed E-state index contributed by atoms with van der Waals surface area (Å²) in [6.07, 6.45) is 4.80. The lowest BCUT2D eigenvalue weighted by molar-refractivity contribution is 0.0508. The van der Waals surface area contributed by atoms with Crippen molar-refractivity contribution in [2.24, 2.45) is 5.92 Å². The van der Waals surface area contributed by atoms with Gasteiger partial charge in [0, 0.05) is 36.4 Å². The molecule has 2 aliphatic heterocycles. The van der Waals surface area contributed by atoms with Crippen LogP contribution in [0.4, 0.5) is 5.69 Å². The number of likely N-dealkylation sites (tertiary alicyclic amines) is 1. The van der Waals surface area contributed by atoms with Crippen LogP contribution < -0.4 is 5.32 Å². The number of amides is 1. The van der Waals surface area contributed by atoms with Crippen LogP contribution in [0.2, 0.25) is 0 Å². The molecular weight excluding hydrogens is 356 g/mol. The lowest BCUT2D eigenvalue weighted by Crippen LogP contribution is -2.32. The molecule has 144 valence electrons. The van der Waals surface area contributed by atoms with Crippen molar-refractivity contribution in [2.75, 3.05) is 31.6 Å². The Kier molecular flexibility index (Phi) is 5.91. The van der Waals surface area contributed by atoms with Gasteiger partial charge in [-0.2, -0.15) is 0 Å². The van der Waals surface area contributed by atoms with Gasteiger partial charge in [0.2, 0.25) is 0 Å².